The molecule has 0 saturated heterocycles. The van der Waals surface area contributed by atoms with E-state index >= 15 is 0 Å². The summed E-state index contributed by atoms with van der Waals surface area (Å²) in [6.45, 7) is 3.91. The van der Waals surface area contributed by atoms with Crippen LogP contribution < -0.4 is 0 Å². The first-order valence-electron chi connectivity index (χ1n) is 3.63. The normalized spacial score (nSPS) is 12.8. The summed E-state index contributed by atoms with van der Waals surface area (Å²) >= 11 is 6.33. The van der Waals surface area contributed by atoms with Crippen LogP contribution in [0.5, 0.6) is 0 Å². The predicted molar refractivity (Wildman–Crippen MR) is 57.2 cm³/mol. The zero-order chi connectivity index (χ0) is 9.98. The van der Waals surface area contributed by atoms with Crippen LogP contribution in [-0.2, 0) is 0 Å². The van der Waals surface area contributed by atoms with Gasteiger partial charge < -0.3 is 0 Å². The minimum atomic E-state index is 0.0532. The summed E-state index contributed by atoms with van der Waals surface area (Å²) in [4.78, 5) is 0.403. The molecule has 2 atom stereocenters. The molecule has 2 unspecified atom stereocenters. The van der Waals surface area contributed by atoms with Crippen molar-refractivity contribution in [2.75, 3.05) is 0 Å². The van der Waals surface area contributed by atoms with Crippen molar-refractivity contribution in [2.24, 2.45) is 0 Å². The molecule has 2 nitrogen and oxygen atoms in total. The largest absolute Gasteiger partial charge is 0.198 e. The Morgan fingerprint density at radius 3 is 1.83 bits per heavy atom. The second-order valence-electron chi connectivity index (χ2n) is 2.15. The highest BCUT2D eigenvalue weighted by atomic mass is 79.9. The van der Waals surface area contributed by atoms with Gasteiger partial charge in [-0.2, -0.15) is 10.5 Å². The standard InChI is InChI=1S/2C4H6BrN/c1-4(5)2-3-6;1-2-4(5)3-6/h2*4H,2H2,1H3. The third-order valence-corrected chi connectivity index (χ3v) is 2.05. The molecular formula is C8H12Br2N2. The quantitative estimate of drug-likeness (QED) is 0.733. The fourth-order valence-electron chi connectivity index (χ4n) is 0.217. The molecule has 12 heavy (non-hydrogen) atoms. The van der Waals surface area contributed by atoms with Crippen molar-refractivity contribution < 1.29 is 0 Å². The molecule has 0 amide bonds. The van der Waals surface area contributed by atoms with E-state index in [4.69, 9.17) is 10.5 Å². The fraction of sp³-hybridized carbons (Fsp3) is 0.750. The number of alkyl halides is 2. The minimum Gasteiger partial charge on any atom is -0.198 e. The molecule has 0 aromatic carbocycles. The molecule has 0 bridgehead atoms. The van der Waals surface area contributed by atoms with Crippen LogP contribution >= 0.6 is 31.9 Å². The molecule has 68 valence electrons. The van der Waals surface area contributed by atoms with Gasteiger partial charge in [0.25, 0.3) is 0 Å². The Kier molecular flexibility index (Phi) is 13.2. The Labute approximate surface area is 90.8 Å². The highest BCUT2D eigenvalue weighted by Gasteiger charge is 1.91. The highest BCUT2D eigenvalue weighted by Crippen LogP contribution is 1.99. The third-order valence-electron chi connectivity index (χ3n) is 0.871. The van der Waals surface area contributed by atoms with Gasteiger partial charge in [0.1, 0.15) is 4.83 Å². The smallest absolute Gasteiger partial charge is 0.101 e. The van der Waals surface area contributed by atoms with Crippen LogP contribution in [0.25, 0.3) is 0 Å². The van der Waals surface area contributed by atoms with Crippen molar-refractivity contribution in [1.29, 1.82) is 10.5 Å². The van der Waals surface area contributed by atoms with Crippen LogP contribution in [0.15, 0.2) is 0 Å². The Morgan fingerprint density at radius 2 is 1.83 bits per heavy atom. The Morgan fingerprint density at radius 1 is 1.33 bits per heavy atom. The fourth-order valence-corrected chi connectivity index (χ4v) is 0.362. The molecule has 0 aliphatic heterocycles. The van der Waals surface area contributed by atoms with Gasteiger partial charge in [-0.1, -0.05) is 45.7 Å². The zero-order valence-corrected chi connectivity index (χ0v) is 10.4. The van der Waals surface area contributed by atoms with Gasteiger partial charge in [0, 0.05) is 11.2 Å². The van der Waals surface area contributed by atoms with E-state index in [9.17, 15) is 0 Å². The monoisotopic (exact) mass is 294 g/mol. The van der Waals surface area contributed by atoms with Crippen molar-refractivity contribution in [3.8, 4) is 12.1 Å². The molecule has 0 radical (unpaired) electrons. The van der Waals surface area contributed by atoms with Gasteiger partial charge in [-0.25, -0.2) is 0 Å². The molecule has 0 aliphatic rings. The lowest BCUT2D eigenvalue weighted by Crippen LogP contribution is -1.85. The van der Waals surface area contributed by atoms with Gasteiger partial charge >= 0.3 is 0 Å². The van der Waals surface area contributed by atoms with E-state index in [0.717, 1.165) is 6.42 Å². The number of hydrogen-bond acceptors (Lipinski definition) is 2. The van der Waals surface area contributed by atoms with Crippen LogP contribution in [0.3, 0.4) is 0 Å². The van der Waals surface area contributed by atoms with Crippen molar-refractivity contribution in [2.45, 2.75) is 36.3 Å². The van der Waals surface area contributed by atoms with Gasteiger partial charge in [0.05, 0.1) is 12.1 Å². The second-order valence-corrected chi connectivity index (χ2v) is 4.82. The van der Waals surface area contributed by atoms with Gasteiger partial charge in [-0.3, -0.25) is 0 Å². The summed E-state index contributed by atoms with van der Waals surface area (Å²) in [7, 11) is 0. The van der Waals surface area contributed by atoms with E-state index < -0.39 is 0 Å². The number of halogens is 2. The molecule has 0 aromatic heterocycles. The van der Waals surface area contributed by atoms with Crippen molar-refractivity contribution in [1.82, 2.24) is 0 Å². The van der Waals surface area contributed by atoms with Gasteiger partial charge in [0.2, 0.25) is 0 Å². The average molecular weight is 296 g/mol. The Bertz CT molecular complexity index is 167. The summed E-state index contributed by atoms with van der Waals surface area (Å²) in [6.07, 6.45) is 1.48. The average Bonchev–Trinajstić information content (AvgIpc) is 2.04. The van der Waals surface area contributed by atoms with Crippen molar-refractivity contribution in [3.05, 3.63) is 0 Å². The van der Waals surface area contributed by atoms with Crippen LogP contribution in [0.4, 0.5) is 0 Å². The maximum absolute atomic E-state index is 8.04. The number of hydrogen-bond donors (Lipinski definition) is 0. The van der Waals surface area contributed by atoms with Crippen LogP contribution in [-0.4, -0.2) is 9.65 Å². The number of nitriles is 2. The third kappa shape index (κ3) is 16.5. The molecular weight excluding hydrogens is 284 g/mol. The summed E-state index contributed by atoms with van der Waals surface area (Å²) in [5.74, 6) is 0. The van der Waals surface area contributed by atoms with E-state index in [1.807, 2.05) is 26.0 Å². The van der Waals surface area contributed by atoms with Crippen molar-refractivity contribution >= 4 is 31.9 Å². The summed E-state index contributed by atoms with van der Waals surface area (Å²) < 4.78 is 0. The van der Waals surface area contributed by atoms with Crippen LogP contribution in [0.1, 0.15) is 26.7 Å². The lowest BCUT2D eigenvalue weighted by Gasteiger charge is -1.85. The molecule has 0 aliphatic carbocycles. The number of nitrogens with zero attached hydrogens (tertiary/aromatic N) is 2. The topological polar surface area (TPSA) is 47.6 Å². The summed E-state index contributed by atoms with van der Waals surface area (Å²) in [5.41, 5.74) is 0. The lowest BCUT2D eigenvalue weighted by atomic mass is 10.4. The zero-order valence-electron chi connectivity index (χ0n) is 7.22. The Hall–Kier alpha value is -0.0600. The van der Waals surface area contributed by atoms with E-state index in [0.29, 0.717) is 11.2 Å². The molecule has 0 N–H and O–H groups in total. The molecule has 0 rings (SSSR count). The second kappa shape index (κ2) is 10.9. The molecule has 0 spiro atoms. The first-order chi connectivity index (χ1) is 5.58. The summed E-state index contributed by atoms with van der Waals surface area (Å²) in [5, 5.41) is 16.0. The highest BCUT2D eigenvalue weighted by molar-refractivity contribution is 9.09. The van der Waals surface area contributed by atoms with Gasteiger partial charge in [-0.15, -0.1) is 0 Å². The first-order valence-corrected chi connectivity index (χ1v) is 5.46. The Balaban J connectivity index is 0. The van der Waals surface area contributed by atoms with Gasteiger partial charge in [-0.05, 0) is 6.42 Å². The van der Waals surface area contributed by atoms with Crippen LogP contribution in [0.2, 0.25) is 0 Å². The predicted octanol–water partition coefficient (Wildman–Crippen LogP) is 3.37. The van der Waals surface area contributed by atoms with E-state index in [1.54, 1.807) is 0 Å². The van der Waals surface area contributed by atoms with Crippen molar-refractivity contribution in [3.63, 3.8) is 0 Å². The molecule has 0 fully saturated rings. The van der Waals surface area contributed by atoms with Gasteiger partial charge in [0.15, 0.2) is 0 Å². The number of rotatable bonds is 2. The van der Waals surface area contributed by atoms with E-state index in [1.165, 1.54) is 0 Å². The minimum absolute atomic E-state index is 0.0532. The SMILES string of the molecule is CC(Br)CC#N.CCC(Br)C#N. The van der Waals surface area contributed by atoms with E-state index in [-0.39, 0.29) is 4.83 Å². The van der Waals surface area contributed by atoms with Crippen LogP contribution in [0, 0.1) is 22.7 Å². The summed E-state index contributed by atoms with van der Waals surface area (Å²) in [6, 6.07) is 4.05. The molecule has 0 aromatic rings. The lowest BCUT2D eigenvalue weighted by molar-refractivity contribution is 1.00. The van der Waals surface area contributed by atoms with E-state index in [2.05, 4.69) is 31.9 Å². The maximum Gasteiger partial charge on any atom is 0.101 e. The molecule has 4 heteroatoms. The molecule has 0 saturated carbocycles. The maximum atomic E-state index is 8.04. The first kappa shape index (κ1) is 14.5. The molecule has 0 heterocycles.